The lowest BCUT2D eigenvalue weighted by Gasteiger charge is -2.14. The van der Waals surface area contributed by atoms with E-state index in [1.807, 2.05) is 12.1 Å². The first-order valence-electron chi connectivity index (χ1n) is 6.22. The highest BCUT2D eigenvalue weighted by molar-refractivity contribution is 5.69. The van der Waals surface area contributed by atoms with Crippen molar-refractivity contribution in [1.29, 1.82) is 0 Å². The van der Waals surface area contributed by atoms with Gasteiger partial charge in [0.25, 0.3) is 0 Å². The molecule has 1 aromatic carbocycles. The van der Waals surface area contributed by atoms with E-state index in [0.29, 0.717) is 36.8 Å². The maximum absolute atomic E-state index is 11.0. The SMILES string of the molecule is COC(=O)CCNCc1cc(OC)c(OC)c(OC)c1. The Hall–Kier alpha value is -1.95. The van der Waals surface area contributed by atoms with Crippen molar-refractivity contribution in [3.8, 4) is 17.2 Å². The number of methoxy groups -OCH3 is 4. The van der Waals surface area contributed by atoms with Crippen LogP contribution >= 0.6 is 0 Å². The Morgan fingerprint density at radius 3 is 2.10 bits per heavy atom. The van der Waals surface area contributed by atoms with Gasteiger partial charge >= 0.3 is 5.97 Å². The third-order valence-electron chi connectivity index (χ3n) is 2.79. The molecule has 6 nitrogen and oxygen atoms in total. The molecule has 0 spiro atoms. The molecule has 0 saturated carbocycles. The topological polar surface area (TPSA) is 66.0 Å². The molecular weight excluding hydrogens is 262 g/mol. The van der Waals surface area contributed by atoms with Crippen LogP contribution in [0.15, 0.2) is 12.1 Å². The molecule has 0 aliphatic heterocycles. The van der Waals surface area contributed by atoms with E-state index in [4.69, 9.17) is 14.2 Å². The fraction of sp³-hybridized carbons (Fsp3) is 0.500. The largest absolute Gasteiger partial charge is 0.493 e. The molecule has 1 N–H and O–H groups in total. The van der Waals surface area contributed by atoms with Crippen LogP contribution in [0.1, 0.15) is 12.0 Å². The van der Waals surface area contributed by atoms with Crippen LogP contribution in [0.3, 0.4) is 0 Å². The van der Waals surface area contributed by atoms with Gasteiger partial charge in [-0.2, -0.15) is 0 Å². The summed E-state index contributed by atoms with van der Waals surface area (Å²) < 4.78 is 20.4. The van der Waals surface area contributed by atoms with Gasteiger partial charge in [0.2, 0.25) is 5.75 Å². The predicted molar refractivity (Wildman–Crippen MR) is 74.4 cm³/mol. The Morgan fingerprint density at radius 2 is 1.65 bits per heavy atom. The standard InChI is InChI=1S/C14H21NO5/c1-17-11-7-10(8-12(18-2)14(11)20-4)9-15-6-5-13(16)19-3/h7-8,15H,5-6,9H2,1-4H3. The third kappa shape index (κ3) is 4.31. The third-order valence-corrected chi connectivity index (χ3v) is 2.79. The number of hydrogen-bond donors (Lipinski definition) is 1. The summed E-state index contributed by atoms with van der Waals surface area (Å²) in [7, 11) is 6.09. The monoisotopic (exact) mass is 283 g/mol. The van der Waals surface area contributed by atoms with Crippen LogP contribution in [0.25, 0.3) is 0 Å². The van der Waals surface area contributed by atoms with E-state index in [0.717, 1.165) is 5.56 Å². The van der Waals surface area contributed by atoms with Crippen LogP contribution in [0.4, 0.5) is 0 Å². The van der Waals surface area contributed by atoms with Crippen molar-refractivity contribution in [2.45, 2.75) is 13.0 Å². The second-order valence-corrected chi connectivity index (χ2v) is 4.04. The second kappa shape index (κ2) is 8.27. The molecule has 0 saturated heterocycles. The van der Waals surface area contributed by atoms with Crippen molar-refractivity contribution in [2.24, 2.45) is 0 Å². The molecule has 6 heteroatoms. The summed E-state index contributed by atoms with van der Waals surface area (Å²) in [6.45, 7) is 1.14. The molecule has 0 radical (unpaired) electrons. The van der Waals surface area contributed by atoms with Crippen molar-refractivity contribution >= 4 is 5.97 Å². The number of carbonyl (C=O) groups is 1. The lowest BCUT2D eigenvalue weighted by Crippen LogP contribution is -2.18. The van der Waals surface area contributed by atoms with Crippen molar-refractivity contribution in [1.82, 2.24) is 5.32 Å². The number of esters is 1. The van der Waals surface area contributed by atoms with E-state index in [1.54, 1.807) is 21.3 Å². The molecule has 0 aliphatic rings. The molecule has 0 amide bonds. The van der Waals surface area contributed by atoms with Gasteiger partial charge in [0.15, 0.2) is 11.5 Å². The molecule has 0 fully saturated rings. The minimum atomic E-state index is -0.234. The summed E-state index contributed by atoms with van der Waals surface area (Å²) in [5.74, 6) is 1.55. The molecule has 0 bridgehead atoms. The van der Waals surface area contributed by atoms with Crippen LogP contribution in [0.2, 0.25) is 0 Å². The highest BCUT2D eigenvalue weighted by atomic mass is 16.5. The second-order valence-electron chi connectivity index (χ2n) is 4.04. The van der Waals surface area contributed by atoms with Crippen LogP contribution in [-0.4, -0.2) is 41.0 Å². The fourth-order valence-corrected chi connectivity index (χ4v) is 1.76. The molecule has 1 rings (SSSR count). The Balaban J connectivity index is 2.68. The molecule has 0 heterocycles. The van der Waals surface area contributed by atoms with Gasteiger partial charge in [-0.1, -0.05) is 0 Å². The highest BCUT2D eigenvalue weighted by Gasteiger charge is 2.12. The molecule has 112 valence electrons. The number of rotatable bonds is 8. The van der Waals surface area contributed by atoms with Crippen LogP contribution in [-0.2, 0) is 16.1 Å². The number of benzene rings is 1. The minimum Gasteiger partial charge on any atom is -0.493 e. The predicted octanol–water partition coefficient (Wildman–Crippen LogP) is 1.37. The van der Waals surface area contributed by atoms with Crippen LogP contribution < -0.4 is 19.5 Å². The molecule has 1 aromatic rings. The molecule has 20 heavy (non-hydrogen) atoms. The van der Waals surface area contributed by atoms with Crippen molar-refractivity contribution in [2.75, 3.05) is 35.0 Å². The fourth-order valence-electron chi connectivity index (χ4n) is 1.76. The van der Waals surface area contributed by atoms with E-state index >= 15 is 0 Å². The van der Waals surface area contributed by atoms with Gasteiger partial charge in [0.1, 0.15) is 0 Å². The summed E-state index contributed by atoms with van der Waals surface area (Å²) in [4.78, 5) is 11.0. The molecule has 0 aliphatic carbocycles. The van der Waals surface area contributed by atoms with E-state index < -0.39 is 0 Å². The van der Waals surface area contributed by atoms with E-state index in [9.17, 15) is 4.79 Å². The van der Waals surface area contributed by atoms with Gasteiger partial charge < -0.3 is 24.3 Å². The number of carbonyl (C=O) groups excluding carboxylic acids is 1. The highest BCUT2D eigenvalue weighted by Crippen LogP contribution is 2.38. The Morgan fingerprint density at radius 1 is 1.05 bits per heavy atom. The van der Waals surface area contributed by atoms with Gasteiger partial charge in [0.05, 0.1) is 34.9 Å². The van der Waals surface area contributed by atoms with Crippen molar-refractivity contribution in [3.05, 3.63) is 17.7 Å². The van der Waals surface area contributed by atoms with Gasteiger partial charge in [-0.3, -0.25) is 4.79 Å². The van der Waals surface area contributed by atoms with Crippen molar-refractivity contribution < 1.29 is 23.7 Å². The lowest BCUT2D eigenvalue weighted by atomic mass is 10.1. The van der Waals surface area contributed by atoms with E-state index in [-0.39, 0.29) is 5.97 Å². The zero-order valence-corrected chi connectivity index (χ0v) is 12.3. The smallest absolute Gasteiger partial charge is 0.306 e. The Labute approximate surface area is 119 Å². The van der Waals surface area contributed by atoms with Crippen LogP contribution in [0.5, 0.6) is 17.2 Å². The molecule has 0 aromatic heterocycles. The first-order chi connectivity index (χ1) is 9.65. The summed E-state index contributed by atoms with van der Waals surface area (Å²) in [6, 6.07) is 3.74. The maximum Gasteiger partial charge on any atom is 0.306 e. The quantitative estimate of drug-likeness (QED) is 0.574. The van der Waals surface area contributed by atoms with Gasteiger partial charge in [-0.15, -0.1) is 0 Å². The average molecular weight is 283 g/mol. The van der Waals surface area contributed by atoms with Gasteiger partial charge in [0, 0.05) is 13.1 Å². The van der Waals surface area contributed by atoms with E-state index in [1.165, 1.54) is 7.11 Å². The van der Waals surface area contributed by atoms with Gasteiger partial charge in [-0.25, -0.2) is 0 Å². The maximum atomic E-state index is 11.0. The normalized spacial score (nSPS) is 10.0. The molecule has 0 unspecified atom stereocenters. The minimum absolute atomic E-state index is 0.234. The van der Waals surface area contributed by atoms with Gasteiger partial charge in [-0.05, 0) is 17.7 Å². The number of nitrogens with one attached hydrogen (secondary N) is 1. The van der Waals surface area contributed by atoms with E-state index in [2.05, 4.69) is 10.1 Å². The summed E-state index contributed by atoms with van der Waals surface area (Å²) in [5.41, 5.74) is 0.976. The number of hydrogen-bond acceptors (Lipinski definition) is 6. The summed E-state index contributed by atoms with van der Waals surface area (Å²) in [6.07, 6.45) is 0.334. The zero-order chi connectivity index (χ0) is 15.0. The molecular formula is C14H21NO5. The van der Waals surface area contributed by atoms with Crippen LogP contribution in [0, 0.1) is 0 Å². The Bertz CT molecular complexity index is 422. The first kappa shape index (κ1) is 16.1. The molecule has 0 atom stereocenters. The lowest BCUT2D eigenvalue weighted by molar-refractivity contribution is -0.140. The number of ether oxygens (including phenoxy) is 4. The Kier molecular flexibility index (Phi) is 6.66. The zero-order valence-electron chi connectivity index (χ0n) is 12.3. The summed E-state index contributed by atoms with van der Waals surface area (Å²) in [5, 5.41) is 3.15. The van der Waals surface area contributed by atoms with Crippen molar-refractivity contribution in [3.63, 3.8) is 0 Å². The first-order valence-corrected chi connectivity index (χ1v) is 6.22. The average Bonchev–Trinajstić information content (AvgIpc) is 2.49. The summed E-state index contributed by atoms with van der Waals surface area (Å²) >= 11 is 0.